The highest BCUT2D eigenvalue weighted by Crippen LogP contribution is 2.31. The molecule has 0 radical (unpaired) electrons. The Bertz CT molecular complexity index is 323. The van der Waals surface area contributed by atoms with Gasteiger partial charge in [0, 0.05) is 25.9 Å². The van der Waals surface area contributed by atoms with Gasteiger partial charge in [-0.1, -0.05) is 0 Å². The molecular weight excluding hydrogens is 258 g/mol. The number of carbonyl (C=O) groups is 1. The van der Waals surface area contributed by atoms with Crippen LogP contribution in [0.2, 0.25) is 0 Å². The third-order valence-corrected chi connectivity index (χ3v) is 3.98. The Labute approximate surface area is 122 Å². The van der Waals surface area contributed by atoms with Crippen molar-refractivity contribution < 1.29 is 19.3 Å². The van der Waals surface area contributed by atoms with Crippen LogP contribution >= 0.6 is 0 Å². The zero-order valence-corrected chi connectivity index (χ0v) is 13.6. The third kappa shape index (κ3) is 4.43. The summed E-state index contributed by atoms with van der Waals surface area (Å²) in [6.07, 6.45) is 1.34. The highest BCUT2D eigenvalue weighted by Gasteiger charge is 2.45. The number of hydrogen-bond acceptors (Lipinski definition) is 4. The molecule has 0 aromatic carbocycles. The maximum absolute atomic E-state index is 12.3. The summed E-state index contributed by atoms with van der Waals surface area (Å²) >= 11 is 0. The van der Waals surface area contributed by atoms with E-state index in [1.807, 2.05) is 34.6 Å². The van der Waals surface area contributed by atoms with E-state index in [1.165, 1.54) is 0 Å². The second kappa shape index (κ2) is 6.41. The Morgan fingerprint density at radius 1 is 1.30 bits per heavy atom. The largest absolute Gasteiger partial charge is 0.634 e. The van der Waals surface area contributed by atoms with Gasteiger partial charge in [-0.3, -0.25) is 4.79 Å². The Morgan fingerprint density at radius 2 is 1.80 bits per heavy atom. The zero-order valence-electron chi connectivity index (χ0n) is 13.6. The molecule has 0 aromatic rings. The molecule has 1 N–H and O–H groups in total. The predicted molar refractivity (Wildman–Crippen MR) is 77.0 cm³/mol. The zero-order chi connectivity index (χ0) is 15.6. The van der Waals surface area contributed by atoms with Gasteiger partial charge in [-0.25, -0.2) is 0 Å². The Morgan fingerprint density at radius 3 is 2.25 bits per heavy atom. The van der Waals surface area contributed by atoms with Gasteiger partial charge in [-0.2, -0.15) is 0 Å². The minimum absolute atomic E-state index is 0.194. The quantitative estimate of drug-likeness (QED) is 0.474. The third-order valence-electron chi connectivity index (χ3n) is 3.98. The molecule has 118 valence electrons. The lowest BCUT2D eigenvalue weighted by atomic mass is 9.74. The fourth-order valence-corrected chi connectivity index (χ4v) is 3.50. The number of nitrogens with one attached hydrogen (secondary N) is 1. The molecule has 0 aliphatic carbocycles. The Balaban J connectivity index is 2.58. The monoisotopic (exact) mass is 287 g/mol. The van der Waals surface area contributed by atoms with E-state index >= 15 is 0 Å². The van der Waals surface area contributed by atoms with Crippen molar-refractivity contribution in [2.45, 2.75) is 78.2 Å². The van der Waals surface area contributed by atoms with Crippen LogP contribution in [0, 0.1) is 11.1 Å². The van der Waals surface area contributed by atoms with Gasteiger partial charge >= 0.3 is 5.97 Å². The van der Waals surface area contributed by atoms with Crippen LogP contribution in [0.4, 0.5) is 0 Å². The number of esters is 1. The maximum atomic E-state index is 12.3. The SMILES string of the molecule is CCOC(C)OC(=O)CC1CC(C)(C)[NH+]([O-])C(C)(C)C1. The van der Waals surface area contributed by atoms with Crippen molar-refractivity contribution in [3.8, 4) is 0 Å². The highest BCUT2D eigenvalue weighted by atomic mass is 16.7. The second-order valence-electron chi connectivity index (χ2n) is 7.09. The number of ether oxygens (including phenoxy) is 2. The molecule has 1 aliphatic rings. The van der Waals surface area contributed by atoms with Crippen LogP contribution in [0.3, 0.4) is 0 Å². The first-order valence-corrected chi connectivity index (χ1v) is 7.44. The minimum atomic E-state index is -0.501. The van der Waals surface area contributed by atoms with E-state index in [9.17, 15) is 10.0 Å². The lowest BCUT2D eigenvalue weighted by molar-refractivity contribution is -0.956. The number of carbonyl (C=O) groups excluding carboxylic acids is 1. The molecule has 0 spiro atoms. The number of rotatable bonds is 5. The molecule has 0 bridgehead atoms. The van der Waals surface area contributed by atoms with Crippen LogP contribution in [0.15, 0.2) is 0 Å². The van der Waals surface area contributed by atoms with Gasteiger partial charge in [0.15, 0.2) is 6.29 Å². The molecule has 1 aliphatic heterocycles. The van der Waals surface area contributed by atoms with Gasteiger partial charge in [0.25, 0.3) is 0 Å². The van der Waals surface area contributed by atoms with Crippen molar-refractivity contribution in [2.24, 2.45) is 5.92 Å². The molecule has 1 saturated heterocycles. The number of hydroxylamine groups is 2. The number of hydrogen-bond donors (Lipinski definition) is 1. The predicted octanol–water partition coefficient (Wildman–Crippen LogP) is 1.65. The molecule has 0 amide bonds. The Hall–Kier alpha value is -0.650. The molecule has 1 rings (SSSR count). The Kier molecular flexibility index (Phi) is 5.58. The first kappa shape index (κ1) is 17.4. The van der Waals surface area contributed by atoms with Crippen molar-refractivity contribution in [2.75, 3.05) is 6.61 Å². The smallest absolute Gasteiger partial charge is 0.308 e. The maximum Gasteiger partial charge on any atom is 0.308 e. The molecule has 5 nitrogen and oxygen atoms in total. The van der Waals surface area contributed by atoms with E-state index in [0.717, 1.165) is 12.8 Å². The van der Waals surface area contributed by atoms with Gasteiger partial charge in [-0.05, 0) is 47.5 Å². The summed E-state index contributed by atoms with van der Waals surface area (Å²) in [6, 6.07) is 0. The van der Waals surface area contributed by atoms with E-state index in [1.54, 1.807) is 6.92 Å². The summed E-state index contributed by atoms with van der Waals surface area (Å²) in [7, 11) is 0. The van der Waals surface area contributed by atoms with Crippen molar-refractivity contribution in [1.82, 2.24) is 0 Å². The summed E-state index contributed by atoms with van der Waals surface area (Å²) in [5, 5.41) is 12.6. The van der Waals surface area contributed by atoms with E-state index in [0.29, 0.717) is 13.0 Å². The van der Waals surface area contributed by atoms with Crippen molar-refractivity contribution in [3.05, 3.63) is 5.21 Å². The normalized spacial score (nSPS) is 29.8. The van der Waals surface area contributed by atoms with Crippen molar-refractivity contribution in [3.63, 3.8) is 0 Å². The average Bonchev–Trinajstić information content (AvgIpc) is 2.24. The first-order valence-electron chi connectivity index (χ1n) is 7.44. The standard InChI is InChI=1S/C15H29NO4/c1-7-19-11(2)20-13(17)8-12-9-14(3,4)16(18)15(5,6)10-12/h11-12,16H,7-10H2,1-6H3. The van der Waals surface area contributed by atoms with Crippen LogP contribution in [-0.4, -0.2) is 29.9 Å². The molecule has 5 heteroatoms. The summed E-state index contributed by atoms with van der Waals surface area (Å²) in [4.78, 5) is 11.9. The molecule has 1 fully saturated rings. The lowest BCUT2D eigenvalue weighted by Gasteiger charge is -2.54. The molecule has 20 heavy (non-hydrogen) atoms. The topological polar surface area (TPSA) is 63.0 Å². The summed E-state index contributed by atoms with van der Waals surface area (Å²) < 4.78 is 10.4. The molecule has 0 saturated carbocycles. The molecule has 1 atom stereocenters. The van der Waals surface area contributed by atoms with E-state index in [4.69, 9.17) is 9.47 Å². The van der Waals surface area contributed by atoms with Gasteiger partial charge in [0.2, 0.25) is 0 Å². The lowest BCUT2D eigenvalue weighted by Crippen LogP contribution is -3.23. The first-order chi connectivity index (χ1) is 9.08. The molecule has 0 aromatic heterocycles. The second-order valence-corrected chi connectivity index (χ2v) is 7.09. The van der Waals surface area contributed by atoms with Crippen molar-refractivity contribution >= 4 is 5.97 Å². The van der Waals surface area contributed by atoms with Gasteiger partial charge < -0.3 is 19.7 Å². The van der Waals surface area contributed by atoms with E-state index in [2.05, 4.69) is 0 Å². The van der Waals surface area contributed by atoms with Crippen molar-refractivity contribution in [1.29, 1.82) is 0 Å². The summed E-state index contributed by atoms with van der Waals surface area (Å²) in [5.74, 6) is -0.0454. The van der Waals surface area contributed by atoms with Crippen LogP contribution in [0.1, 0.15) is 60.8 Å². The van der Waals surface area contributed by atoms with Gasteiger partial charge in [0.1, 0.15) is 0 Å². The van der Waals surface area contributed by atoms with E-state index in [-0.39, 0.29) is 28.0 Å². The van der Waals surface area contributed by atoms with Crippen LogP contribution < -0.4 is 5.06 Å². The van der Waals surface area contributed by atoms with Gasteiger partial charge in [-0.15, -0.1) is 0 Å². The average molecular weight is 287 g/mol. The molecule has 1 unspecified atom stereocenters. The minimum Gasteiger partial charge on any atom is -0.634 e. The summed E-state index contributed by atoms with van der Waals surface area (Å²) in [5.41, 5.74) is -0.726. The number of quaternary nitrogens is 1. The van der Waals surface area contributed by atoms with Crippen LogP contribution in [0.5, 0.6) is 0 Å². The fourth-order valence-electron chi connectivity index (χ4n) is 3.50. The fraction of sp³-hybridized carbons (Fsp3) is 0.933. The summed E-state index contributed by atoms with van der Waals surface area (Å²) in [6.45, 7) is 12.0. The van der Waals surface area contributed by atoms with Crippen LogP contribution in [0.25, 0.3) is 0 Å². The van der Waals surface area contributed by atoms with Gasteiger partial charge in [0.05, 0.1) is 11.1 Å². The number of piperidine rings is 1. The van der Waals surface area contributed by atoms with E-state index < -0.39 is 6.29 Å². The highest BCUT2D eigenvalue weighted by molar-refractivity contribution is 5.69. The molecule has 1 heterocycles. The molecular formula is C15H29NO4. The van der Waals surface area contributed by atoms with Crippen LogP contribution in [-0.2, 0) is 14.3 Å².